The van der Waals surface area contributed by atoms with E-state index in [4.69, 9.17) is 0 Å². The van der Waals surface area contributed by atoms with E-state index in [1.54, 1.807) is 0 Å². The molecule has 0 spiro atoms. The molecule has 0 saturated heterocycles. The van der Waals surface area contributed by atoms with Crippen LogP contribution in [0.5, 0.6) is 0 Å². The Morgan fingerprint density at radius 2 is 0.700 bits per heavy atom. The normalized spacial score (nSPS) is 0. The van der Waals surface area contributed by atoms with Crippen LogP contribution in [0.3, 0.4) is 0 Å². The Morgan fingerprint density at radius 3 is 0.700 bits per heavy atom. The van der Waals surface area contributed by atoms with Crippen LogP contribution in [0.15, 0.2) is 0 Å². The van der Waals surface area contributed by atoms with Crippen molar-refractivity contribution >= 4 is 66.2 Å². The maximum Gasteiger partial charge on any atom is 2.00 e. The maximum absolute atomic E-state index is 0. The van der Waals surface area contributed by atoms with Gasteiger partial charge in [0.2, 0.25) is 0 Å². The summed E-state index contributed by atoms with van der Waals surface area (Å²) in [7, 11) is 0. The standard InChI is InChI=1S/Al.Ba.5FH.La.Na.Zr.6H/h;;5*1H;;;;;;;;;/q;+2;;;;;;;+1;;;;;3*-1. The van der Waals surface area contributed by atoms with Crippen LogP contribution < -0.4 is 29.6 Å². The number of hydrogen-bond donors (Lipinski definition) is 0. The van der Waals surface area contributed by atoms with Crippen LogP contribution in [0.2, 0.25) is 0 Å². The smallest absolute Gasteiger partial charge is 1.00 e. The Bertz CT molecular complexity index is 31.7. The Morgan fingerprint density at radius 1 is 0.700 bits per heavy atom. The Kier molecular flexibility index (Phi) is 1190. The minimum Gasteiger partial charge on any atom is -1.00 e. The fourth-order valence-corrected chi connectivity index (χ4v) is 0. The molecule has 0 aliphatic heterocycles. The zero-order valence-electron chi connectivity index (χ0n) is 7.83. The van der Waals surface area contributed by atoms with Gasteiger partial charge in [0.15, 0.2) is 17.4 Å². The molecule has 0 heterocycles. The third-order valence-corrected chi connectivity index (χ3v) is 0. The predicted octanol–water partition coefficient (Wildman–Crippen LogP) is -3.46. The van der Waals surface area contributed by atoms with E-state index < -0.39 is 0 Å². The molecule has 0 aliphatic carbocycles. The molecule has 0 fully saturated rings. The molecule has 0 aliphatic rings. The summed E-state index contributed by atoms with van der Waals surface area (Å²) >= 11 is 0. The van der Waals surface area contributed by atoms with Gasteiger partial charge in [0.25, 0.3) is 0 Å². The second kappa shape index (κ2) is 97.6. The van der Waals surface area contributed by atoms with Crippen molar-refractivity contribution in [3.05, 3.63) is 0 Å². The van der Waals surface area contributed by atoms with Gasteiger partial charge in [-0.25, -0.2) is 0 Å². The molecule has 10 heavy (non-hydrogen) atoms. The van der Waals surface area contributed by atoms with Crippen LogP contribution in [0.4, 0.5) is 23.5 Å². The van der Waals surface area contributed by atoms with E-state index in [2.05, 4.69) is 0 Å². The molecule has 1 radical (unpaired) electrons. The number of halogens is 5. The zero-order valence-corrected chi connectivity index (χ0v) is 17.4. The van der Waals surface area contributed by atoms with Crippen molar-refractivity contribution in [2.45, 2.75) is 0 Å². The summed E-state index contributed by atoms with van der Waals surface area (Å²) in [4.78, 5) is 0. The molecule has 0 nitrogen and oxygen atoms in total. The molecule has 0 saturated carbocycles. The van der Waals surface area contributed by atoms with E-state index in [9.17, 15) is 0 Å². The van der Waals surface area contributed by atoms with Gasteiger partial charge in [-0.15, -0.1) is 0 Å². The summed E-state index contributed by atoms with van der Waals surface area (Å²) in [5.74, 6) is 0. The van der Waals surface area contributed by atoms with Crippen LogP contribution in [0, 0.1) is 35.6 Å². The van der Waals surface area contributed by atoms with Gasteiger partial charge < -0.3 is 4.28 Å². The van der Waals surface area contributed by atoms with Crippen LogP contribution in [-0.4, -0.2) is 66.2 Å². The van der Waals surface area contributed by atoms with Gasteiger partial charge in [0.1, 0.15) is 0 Å². The second-order valence-corrected chi connectivity index (χ2v) is 0. The van der Waals surface area contributed by atoms with Gasteiger partial charge in [-0.05, 0) is 0 Å². The fourth-order valence-electron chi connectivity index (χ4n) is 0. The summed E-state index contributed by atoms with van der Waals surface area (Å²) < 4.78 is 0. The van der Waals surface area contributed by atoms with Crippen molar-refractivity contribution in [1.82, 2.24) is 0 Å². The van der Waals surface area contributed by atoms with Crippen molar-refractivity contribution < 1.29 is 119 Å². The van der Waals surface area contributed by atoms with Gasteiger partial charge in [0, 0.05) is 61.8 Å². The third-order valence-electron chi connectivity index (χ3n) is 0. The molecule has 10 heteroatoms. The molecular weight excluding hydrogens is 512 g/mol. The maximum atomic E-state index is 0. The summed E-state index contributed by atoms with van der Waals surface area (Å²) in [5.41, 5.74) is 0. The molecule has 0 aromatic rings. The zero-order chi connectivity index (χ0) is 0. The van der Waals surface area contributed by atoms with E-state index in [0.29, 0.717) is 0 Å². The summed E-state index contributed by atoms with van der Waals surface area (Å²) in [6.45, 7) is 0. The first-order valence-electron chi connectivity index (χ1n) is 0. The molecule has 0 rings (SSSR count). The Balaban J connectivity index is 0. The minimum absolute atomic E-state index is 0. The molecule has 0 aromatic carbocycles. The van der Waals surface area contributed by atoms with Gasteiger partial charge in [-0.1, -0.05) is 0 Å². The molecule has 59 valence electrons. The average Bonchev–Trinajstić information content (AvgIpc) is 0. The van der Waals surface area contributed by atoms with Crippen LogP contribution in [0.1, 0.15) is 4.28 Å². The largest absolute Gasteiger partial charge is 2.00 e. The van der Waals surface area contributed by atoms with E-state index in [1.165, 1.54) is 0 Å². The van der Waals surface area contributed by atoms with Crippen molar-refractivity contribution in [2.24, 2.45) is 0 Å². The van der Waals surface area contributed by atoms with Gasteiger partial charge in [-0.3, -0.25) is 23.5 Å². The summed E-state index contributed by atoms with van der Waals surface area (Å²) in [5, 5.41) is 0. The second-order valence-electron chi connectivity index (χ2n) is 0. The molecular formula is H11AlBaF5LaNaZr. The van der Waals surface area contributed by atoms with Gasteiger partial charge in [-0.2, -0.15) is 0 Å². The van der Waals surface area contributed by atoms with E-state index in [1.807, 2.05) is 0 Å². The first kappa shape index (κ1) is 122. The summed E-state index contributed by atoms with van der Waals surface area (Å²) in [6, 6.07) is 0. The first-order valence-corrected chi connectivity index (χ1v) is 0. The van der Waals surface area contributed by atoms with Crippen molar-refractivity contribution in [2.75, 3.05) is 0 Å². The van der Waals surface area contributed by atoms with Crippen molar-refractivity contribution in [3.63, 3.8) is 0 Å². The molecule has 0 unspecified atom stereocenters. The van der Waals surface area contributed by atoms with Crippen LogP contribution in [0.25, 0.3) is 0 Å². The topological polar surface area (TPSA) is 0 Å². The van der Waals surface area contributed by atoms with Crippen molar-refractivity contribution in [1.29, 1.82) is 0 Å². The number of hydrogen-bond acceptors (Lipinski definition) is 0. The molecule has 0 bridgehead atoms. The SMILES string of the molecule is F.F.F.F.F.[AlH3].[Ba+2].[H-].[H-].[H-].[La].[Na+].[Zr]. The third kappa shape index (κ3) is 76.9. The molecule has 0 amide bonds. The van der Waals surface area contributed by atoms with Crippen molar-refractivity contribution in [3.8, 4) is 0 Å². The molecule has 0 aromatic heterocycles. The first-order chi connectivity index (χ1) is 0. The Hall–Kier alpha value is 4.83. The molecule has 0 N–H and O–H groups in total. The predicted molar refractivity (Wildman–Crippen MR) is 31.5 cm³/mol. The average molecular weight is 524 g/mol. The van der Waals surface area contributed by atoms with Crippen LogP contribution >= 0.6 is 0 Å². The summed E-state index contributed by atoms with van der Waals surface area (Å²) in [6.07, 6.45) is 0. The van der Waals surface area contributed by atoms with E-state index in [0.717, 1.165) is 0 Å². The van der Waals surface area contributed by atoms with E-state index in [-0.39, 0.29) is 185 Å². The number of rotatable bonds is 0. The van der Waals surface area contributed by atoms with Gasteiger partial charge in [0.05, 0.1) is 0 Å². The fraction of sp³-hybridized carbons (Fsp3) is 0. The molecule has 0 atom stereocenters. The monoisotopic (exact) mass is 523 g/mol. The Labute approximate surface area is 181 Å². The van der Waals surface area contributed by atoms with Crippen LogP contribution in [-0.2, 0) is 26.2 Å². The van der Waals surface area contributed by atoms with Gasteiger partial charge >= 0.3 is 78.4 Å². The minimum atomic E-state index is 0. The van der Waals surface area contributed by atoms with E-state index >= 15 is 0 Å². The quantitative estimate of drug-likeness (QED) is 0.229.